The number of carbonyl (C=O) groups is 2. The predicted octanol–water partition coefficient (Wildman–Crippen LogP) is 4.01. The van der Waals surface area contributed by atoms with E-state index in [2.05, 4.69) is 0 Å². The largest absolute Gasteiger partial charge is 0.508 e. The highest BCUT2D eigenvalue weighted by Crippen LogP contribution is 2.62. The third kappa shape index (κ3) is 5.68. The zero-order valence-corrected chi connectivity index (χ0v) is 26.7. The maximum absolute atomic E-state index is 14.0. The molecule has 6 N–H and O–H groups in total. The smallest absolute Gasteiger partial charge is 0.335 e. The Kier molecular flexibility index (Phi) is 8.61. The van der Waals surface area contributed by atoms with Gasteiger partial charge in [0.1, 0.15) is 35.6 Å². The first-order valence-corrected chi connectivity index (χ1v) is 16.3. The van der Waals surface area contributed by atoms with Crippen LogP contribution in [-0.4, -0.2) is 73.2 Å². The van der Waals surface area contributed by atoms with Crippen molar-refractivity contribution in [3.63, 3.8) is 0 Å². The summed E-state index contributed by atoms with van der Waals surface area (Å²) in [6.45, 7) is 0. The van der Waals surface area contributed by atoms with E-state index in [1.165, 1.54) is 12.1 Å². The zero-order chi connectivity index (χ0) is 35.4. The quantitative estimate of drug-likeness (QED) is 0.156. The Morgan fingerprint density at radius 1 is 0.820 bits per heavy atom. The van der Waals surface area contributed by atoms with Crippen molar-refractivity contribution in [1.82, 2.24) is 0 Å². The third-order valence-electron chi connectivity index (χ3n) is 10.4. The molecule has 2 unspecified atom stereocenters. The van der Waals surface area contributed by atoms with Gasteiger partial charge in [-0.25, -0.2) is 9.18 Å². The lowest BCUT2D eigenvalue weighted by molar-refractivity contribution is -0.271. The topological polar surface area (TPSA) is 177 Å². The van der Waals surface area contributed by atoms with Crippen LogP contribution >= 0.6 is 0 Å². The second-order valence-electron chi connectivity index (χ2n) is 13.3. The van der Waals surface area contributed by atoms with Gasteiger partial charge in [0.15, 0.2) is 6.10 Å². The molecular formula is C38H36FNO10. The number of aliphatic hydroxyl groups excluding tert-OH is 3. The number of hydrogen-bond donors (Lipinski definition) is 6. The molecule has 50 heavy (non-hydrogen) atoms. The standard InChI is InChI=1S/C38H36FNO10/c39-24-12-10-23(11-13-24)38(48)17-15-37(16-18-38)33(40(36(37)47)25-6-2-1-3-7-25)27-14-9-22(20-28(27)41)21-5-4-8-26(19-21)49-35-31(44)29(42)30(43)32(50-35)34(45)46/h1-14,19-20,29-33,35,41-44,48H,15-18H2,(H,45,46)/t29-,30-,31?,32?,33+,35+,37?,38?/m0/s1. The van der Waals surface area contributed by atoms with E-state index < -0.39 is 59.6 Å². The molecule has 2 saturated heterocycles. The predicted molar refractivity (Wildman–Crippen MR) is 176 cm³/mol. The molecule has 1 amide bonds. The zero-order valence-electron chi connectivity index (χ0n) is 26.7. The molecule has 2 aliphatic heterocycles. The normalized spacial score (nSPS) is 30.9. The van der Waals surface area contributed by atoms with Crippen LogP contribution in [0.1, 0.15) is 42.9 Å². The van der Waals surface area contributed by atoms with Crippen molar-refractivity contribution in [2.24, 2.45) is 5.41 Å². The van der Waals surface area contributed by atoms with E-state index in [1.54, 1.807) is 59.5 Å². The van der Waals surface area contributed by atoms with Gasteiger partial charge in [-0.2, -0.15) is 0 Å². The fourth-order valence-electron chi connectivity index (χ4n) is 7.58. The van der Waals surface area contributed by atoms with Gasteiger partial charge in [-0.3, -0.25) is 4.79 Å². The van der Waals surface area contributed by atoms with Gasteiger partial charge in [-0.05, 0) is 84.8 Å². The summed E-state index contributed by atoms with van der Waals surface area (Å²) in [5.41, 5.74) is 0.865. The summed E-state index contributed by atoms with van der Waals surface area (Å²) in [7, 11) is 0. The first kappa shape index (κ1) is 33.6. The molecule has 0 aromatic heterocycles. The van der Waals surface area contributed by atoms with Crippen LogP contribution in [0, 0.1) is 11.2 Å². The first-order chi connectivity index (χ1) is 23.9. The Labute approximate surface area is 286 Å². The lowest BCUT2D eigenvalue weighted by Crippen LogP contribution is -2.65. The summed E-state index contributed by atoms with van der Waals surface area (Å²) >= 11 is 0. The first-order valence-electron chi connectivity index (χ1n) is 16.3. The van der Waals surface area contributed by atoms with E-state index in [1.807, 2.05) is 30.3 Å². The van der Waals surface area contributed by atoms with Gasteiger partial charge >= 0.3 is 5.97 Å². The van der Waals surface area contributed by atoms with Gasteiger partial charge in [-0.15, -0.1) is 0 Å². The lowest BCUT2D eigenvalue weighted by atomic mass is 9.56. The maximum atomic E-state index is 14.0. The number of hydrogen-bond acceptors (Lipinski definition) is 9. The van der Waals surface area contributed by atoms with Crippen LogP contribution in [0.15, 0.2) is 97.1 Å². The Balaban J connectivity index is 1.16. The Bertz CT molecular complexity index is 1900. The van der Waals surface area contributed by atoms with E-state index in [0.717, 1.165) is 0 Å². The van der Waals surface area contributed by atoms with Crippen LogP contribution in [0.3, 0.4) is 0 Å². The molecule has 3 fully saturated rings. The number of rotatable bonds is 7. The number of ether oxygens (including phenoxy) is 2. The molecule has 4 aromatic rings. The molecule has 2 heterocycles. The fraction of sp³-hybridized carbons (Fsp3) is 0.316. The van der Waals surface area contributed by atoms with Crippen LogP contribution < -0.4 is 9.64 Å². The average Bonchev–Trinajstić information content (AvgIpc) is 3.12. The number of aliphatic carboxylic acids is 1. The highest BCUT2D eigenvalue weighted by atomic mass is 19.1. The molecule has 0 radical (unpaired) electrons. The SMILES string of the molecule is O=C(O)C1O[C@@H](Oc2cccc(-c3ccc([C@H]4N(c5ccccc5)C(=O)C45CCC(O)(c4ccc(F)cc4)CC5)c(O)c3)c2)C(O)[C@@H](O)[C@@H]1O. The number of phenols is 1. The molecular weight excluding hydrogens is 649 g/mol. The maximum Gasteiger partial charge on any atom is 0.335 e. The number of carboxylic acids is 1. The fourth-order valence-corrected chi connectivity index (χ4v) is 7.58. The van der Waals surface area contributed by atoms with Gasteiger partial charge < -0.3 is 45.0 Å². The van der Waals surface area contributed by atoms with Crippen molar-refractivity contribution in [2.75, 3.05) is 4.90 Å². The van der Waals surface area contributed by atoms with Gasteiger partial charge in [0.25, 0.3) is 0 Å². The number of carbonyl (C=O) groups excluding carboxylic acids is 1. The summed E-state index contributed by atoms with van der Waals surface area (Å²) in [4.78, 5) is 27.2. The molecule has 12 heteroatoms. The molecule has 1 saturated carbocycles. The van der Waals surface area contributed by atoms with E-state index in [9.17, 15) is 44.6 Å². The summed E-state index contributed by atoms with van der Waals surface area (Å²) in [5, 5.41) is 63.0. The van der Waals surface area contributed by atoms with Crippen LogP contribution in [0.4, 0.5) is 10.1 Å². The van der Waals surface area contributed by atoms with Gasteiger partial charge in [-0.1, -0.05) is 54.6 Å². The number of nitrogens with zero attached hydrogens (tertiary/aromatic N) is 1. The Morgan fingerprint density at radius 3 is 2.16 bits per heavy atom. The molecule has 4 aromatic carbocycles. The minimum atomic E-state index is -1.85. The number of aliphatic hydroxyl groups is 4. The van der Waals surface area contributed by atoms with E-state index in [0.29, 0.717) is 40.8 Å². The molecule has 1 spiro atoms. The molecule has 1 aliphatic carbocycles. The van der Waals surface area contributed by atoms with Gasteiger partial charge in [0.05, 0.1) is 17.1 Å². The monoisotopic (exact) mass is 685 g/mol. The highest BCUT2D eigenvalue weighted by Gasteiger charge is 2.64. The van der Waals surface area contributed by atoms with Crippen molar-refractivity contribution >= 4 is 17.6 Å². The number of phenolic OH excluding ortho intramolecular Hbond substituents is 1. The third-order valence-corrected chi connectivity index (χ3v) is 10.4. The van der Waals surface area contributed by atoms with Crippen molar-refractivity contribution in [3.8, 4) is 22.6 Å². The summed E-state index contributed by atoms with van der Waals surface area (Å²) < 4.78 is 24.6. The lowest BCUT2D eigenvalue weighted by Gasteiger charge is -2.59. The number of β-lactam (4-membered cyclic amide) rings is 1. The van der Waals surface area contributed by atoms with E-state index in [4.69, 9.17) is 9.47 Å². The van der Waals surface area contributed by atoms with Crippen LogP contribution in [0.2, 0.25) is 0 Å². The number of carboxylic acid groups (broad SMARTS) is 1. The van der Waals surface area contributed by atoms with Crippen LogP contribution in [0.5, 0.6) is 11.5 Å². The van der Waals surface area contributed by atoms with Crippen LogP contribution in [-0.2, 0) is 19.9 Å². The number of aromatic hydroxyl groups is 1. The van der Waals surface area contributed by atoms with Gasteiger partial charge in [0, 0.05) is 11.3 Å². The average molecular weight is 686 g/mol. The number of halogens is 1. The number of amides is 1. The number of para-hydroxylation sites is 1. The van der Waals surface area contributed by atoms with Crippen molar-refractivity contribution in [2.45, 2.75) is 68.0 Å². The molecule has 11 nitrogen and oxygen atoms in total. The second kappa shape index (κ2) is 12.8. The molecule has 7 rings (SSSR count). The van der Waals surface area contributed by atoms with Crippen molar-refractivity contribution in [3.05, 3.63) is 114 Å². The van der Waals surface area contributed by atoms with E-state index >= 15 is 0 Å². The van der Waals surface area contributed by atoms with E-state index in [-0.39, 0.29) is 30.2 Å². The Morgan fingerprint density at radius 2 is 1.50 bits per heavy atom. The summed E-state index contributed by atoms with van der Waals surface area (Å²) in [6, 6.07) is 26.0. The molecule has 0 bridgehead atoms. The van der Waals surface area contributed by atoms with Crippen molar-refractivity contribution < 1.29 is 54.1 Å². The van der Waals surface area contributed by atoms with Crippen LogP contribution in [0.25, 0.3) is 11.1 Å². The molecule has 6 atom stereocenters. The van der Waals surface area contributed by atoms with Gasteiger partial charge in [0.2, 0.25) is 12.2 Å². The Hall–Kier alpha value is -4.85. The number of benzene rings is 4. The molecule has 3 aliphatic rings. The minimum absolute atomic E-state index is 0.0570. The minimum Gasteiger partial charge on any atom is -0.508 e. The highest BCUT2D eigenvalue weighted by molar-refractivity contribution is 6.06. The second-order valence-corrected chi connectivity index (χ2v) is 13.3. The van der Waals surface area contributed by atoms with Crippen molar-refractivity contribution in [1.29, 1.82) is 0 Å². The molecule has 260 valence electrons. The number of anilines is 1. The summed E-state index contributed by atoms with van der Waals surface area (Å²) in [5.74, 6) is -1.92. The summed E-state index contributed by atoms with van der Waals surface area (Å²) in [6.07, 6.45) is -7.57.